The van der Waals surface area contributed by atoms with E-state index in [4.69, 9.17) is 4.74 Å². The third-order valence-electron chi connectivity index (χ3n) is 7.47. The molecule has 4 atom stereocenters. The molecule has 4 rings (SSSR count). The maximum Gasteiger partial charge on any atom is 0.253 e. The van der Waals surface area contributed by atoms with Crippen LogP contribution in [0, 0.1) is 5.92 Å². The summed E-state index contributed by atoms with van der Waals surface area (Å²) >= 11 is 0. The molecule has 0 unspecified atom stereocenters. The summed E-state index contributed by atoms with van der Waals surface area (Å²) in [5, 5.41) is 32.4. The maximum atomic E-state index is 12.6. The van der Waals surface area contributed by atoms with Gasteiger partial charge in [0.15, 0.2) is 6.23 Å². The van der Waals surface area contributed by atoms with Crippen LogP contribution in [0.2, 0.25) is 0 Å². The van der Waals surface area contributed by atoms with Gasteiger partial charge in [0.1, 0.15) is 18.3 Å². The minimum absolute atomic E-state index is 0.116. The lowest BCUT2D eigenvalue weighted by molar-refractivity contribution is -0.116. The highest BCUT2D eigenvalue weighted by atomic mass is 16.6. The minimum Gasteiger partial charge on any atom is -0.394 e. The fourth-order valence-corrected chi connectivity index (χ4v) is 5.22. The molecule has 206 valence electrons. The molecule has 3 heterocycles. The molecule has 9 heteroatoms. The van der Waals surface area contributed by atoms with E-state index in [9.17, 15) is 24.9 Å². The normalized spacial score (nSPS) is 26.1. The standard InChI is InChI=1S/C29H39N3O6/c33-20-24-26(35)27(36)29(38-24)32-16-6-8-22(19-32)11-12-25(34)30-15-5-4-7-21-13-17-31(18-14-21)28(37)23-9-2-1-3-10-23/h1-3,6,8-12,19,21,24,26-27,29,33,35-36H,4-5,7,13-18,20H2,(H,30,34)/b12-11+/t24-,26-,27-,29-/m1/s1. The topological polar surface area (TPSA) is 123 Å². The predicted octanol–water partition coefficient (Wildman–Crippen LogP) is 1.58. The SMILES string of the molecule is O=C(/C=C/C1=CN([C@@H]2O[C@H](CO)[C@@H](O)[C@H]2O)CC=C1)NCCCCC1CCN(C(=O)c2ccccc2)CC1. The summed E-state index contributed by atoms with van der Waals surface area (Å²) < 4.78 is 5.58. The Morgan fingerprint density at radius 1 is 1.08 bits per heavy atom. The van der Waals surface area contributed by atoms with Crippen LogP contribution in [-0.2, 0) is 9.53 Å². The molecule has 0 spiro atoms. The largest absolute Gasteiger partial charge is 0.394 e. The Labute approximate surface area is 224 Å². The number of allylic oxidation sites excluding steroid dienone is 3. The molecule has 1 aromatic rings. The molecule has 0 aliphatic carbocycles. The van der Waals surface area contributed by atoms with Gasteiger partial charge in [0.2, 0.25) is 5.91 Å². The molecule has 0 saturated carbocycles. The summed E-state index contributed by atoms with van der Waals surface area (Å²) in [5.74, 6) is 0.567. The second-order valence-corrected chi connectivity index (χ2v) is 10.2. The highest BCUT2D eigenvalue weighted by Gasteiger charge is 2.44. The number of benzene rings is 1. The van der Waals surface area contributed by atoms with Gasteiger partial charge in [-0.05, 0) is 49.0 Å². The number of aliphatic hydroxyl groups is 3. The fourth-order valence-electron chi connectivity index (χ4n) is 5.22. The van der Waals surface area contributed by atoms with Gasteiger partial charge in [0.05, 0.1) is 6.61 Å². The molecule has 0 aromatic heterocycles. The number of carbonyl (C=O) groups excluding carboxylic acids is 2. The van der Waals surface area contributed by atoms with Crippen molar-refractivity contribution in [1.82, 2.24) is 15.1 Å². The molecular formula is C29H39N3O6. The van der Waals surface area contributed by atoms with Crippen molar-refractivity contribution in [3.8, 4) is 0 Å². The Bertz CT molecular complexity index is 1020. The summed E-state index contributed by atoms with van der Waals surface area (Å²) in [6.45, 7) is 2.33. The zero-order valence-electron chi connectivity index (χ0n) is 21.7. The third kappa shape index (κ3) is 7.32. The first-order valence-electron chi connectivity index (χ1n) is 13.5. The van der Waals surface area contributed by atoms with E-state index in [1.807, 2.05) is 47.4 Å². The van der Waals surface area contributed by atoms with E-state index >= 15 is 0 Å². The number of carbonyl (C=O) groups is 2. The quantitative estimate of drug-likeness (QED) is 0.270. The molecule has 2 saturated heterocycles. The number of ether oxygens (including phenoxy) is 1. The van der Waals surface area contributed by atoms with Crippen LogP contribution in [0.15, 0.2) is 66.4 Å². The number of unbranched alkanes of at least 4 members (excludes halogenated alkanes) is 1. The van der Waals surface area contributed by atoms with E-state index < -0.39 is 24.5 Å². The fraction of sp³-hybridized carbons (Fsp3) is 0.517. The number of amides is 2. The van der Waals surface area contributed by atoms with Crippen LogP contribution in [0.4, 0.5) is 0 Å². The molecule has 2 fully saturated rings. The van der Waals surface area contributed by atoms with Crippen LogP contribution in [0.1, 0.15) is 42.5 Å². The van der Waals surface area contributed by atoms with Crippen molar-refractivity contribution in [2.75, 3.05) is 32.8 Å². The van der Waals surface area contributed by atoms with Crippen LogP contribution >= 0.6 is 0 Å². The summed E-state index contributed by atoms with van der Waals surface area (Å²) in [4.78, 5) is 28.5. The van der Waals surface area contributed by atoms with Gasteiger partial charge in [-0.15, -0.1) is 0 Å². The summed E-state index contributed by atoms with van der Waals surface area (Å²) in [5.41, 5.74) is 1.52. The van der Waals surface area contributed by atoms with Crippen molar-refractivity contribution in [3.05, 3.63) is 72.0 Å². The lowest BCUT2D eigenvalue weighted by Crippen LogP contribution is -2.42. The number of hydrogen-bond donors (Lipinski definition) is 4. The highest BCUT2D eigenvalue weighted by Crippen LogP contribution is 2.26. The van der Waals surface area contributed by atoms with E-state index in [1.165, 1.54) is 6.08 Å². The minimum atomic E-state index is -1.15. The first-order chi connectivity index (χ1) is 18.5. The van der Waals surface area contributed by atoms with E-state index in [0.717, 1.165) is 56.3 Å². The average Bonchev–Trinajstić information content (AvgIpc) is 3.25. The molecule has 38 heavy (non-hydrogen) atoms. The number of hydrogen-bond acceptors (Lipinski definition) is 7. The molecular weight excluding hydrogens is 486 g/mol. The van der Waals surface area contributed by atoms with E-state index in [1.54, 1.807) is 17.2 Å². The Morgan fingerprint density at radius 2 is 1.84 bits per heavy atom. The van der Waals surface area contributed by atoms with Crippen molar-refractivity contribution in [2.24, 2.45) is 5.92 Å². The van der Waals surface area contributed by atoms with Crippen molar-refractivity contribution < 1.29 is 29.6 Å². The molecule has 3 aliphatic rings. The van der Waals surface area contributed by atoms with Crippen molar-refractivity contribution in [3.63, 3.8) is 0 Å². The number of likely N-dealkylation sites (tertiary alicyclic amines) is 1. The number of aliphatic hydroxyl groups excluding tert-OH is 3. The van der Waals surface area contributed by atoms with Gasteiger partial charge in [-0.3, -0.25) is 9.59 Å². The van der Waals surface area contributed by atoms with Gasteiger partial charge in [-0.25, -0.2) is 0 Å². The van der Waals surface area contributed by atoms with Gasteiger partial charge in [-0.1, -0.05) is 43.2 Å². The van der Waals surface area contributed by atoms with Crippen molar-refractivity contribution in [2.45, 2.75) is 56.6 Å². The Kier molecular flexibility index (Phi) is 10.1. The Balaban J connectivity index is 1.11. The average molecular weight is 526 g/mol. The molecule has 9 nitrogen and oxygen atoms in total. The first kappa shape index (κ1) is 28.0. The van der Waals surface area contributed by atoms with Crippen LogP contribution in [-0.4, -0.2) is 94.3 Å². The van der Waals surface area contributed by atoms with Gasteiger partial charge >= 0.3 is 0 Å². The number of rotatable bonds is 10. The second-order valence-electron chi connectivity index (χ2n) is 10.2. The summed E-state index contributed by atoms with van der Waals surface area (Å²) in [7, 11) is 0. The zero-order valence-corrected chi connectivity index (χ0v) is 21.7. The smallest absolute Gasteiger partial charge is 0.253 e. The third-order valence-corrected chi connectivity index (χ3v) is 7.47. The van der Waals surface area contributed by atoms with Crippen LogP contribution in [0.5, 0.6) is 0 Å². The van der Waals surface area contributed by atoms with E-state index in [0.29, 0.717) is 19.0 Å². The van der Waals surface area contributed by atoms with Gasteiger partial charge in [0.25, 0.3) is 5.91 Å². The molecule has 3 aliphatic heterocycles. The lowest BCUT2D eigenvalue weighted by atomic mass is 9.91. The van der Waals surface area contributed by atoms with Gasteiger partial charge < -0.3 is 35.2 Å². The summed E-state index contributed by atoms with van der Waals surface area (Å²) in [6.07, 6.45) is 9.94. The van der Waals surface area contributed by atoms with Crippen molar-refractivity contribution in [1.29, 1.82) is 0 Å². The van der Waals surface area contributed by atoms with E-state index in [-0.39, 0.29) is 18.4 Å². The monoisotopic (exact) mass is 525 g/mol. The molecule has 4 N–H and O–H groups in total. The molecule has 2 amide bonds. The Morgan fingerprint density at radius 3 is 2.55 bits per heavy atom. The second kappa shape index (κ2) is 13.7. The van der Waals surface area contributed by atoms with Crippen LogP contribution in [0.3, 0.4) is 0 Å². The molecule has 0 bridgehead atoms. The van der Waals surface area contributed by atoms with Gasteiger partial charge in [-0.2, -0.15) is 0 Å². The molecule has 1 aromatic carbocycles. The van der Waals surface area contributed by atoms with Crippen molar-refractivity contribution >= 4 is 11.8 Å². The van der Waals surface area contributed by atoms with Crippen LogP contribution in [0.25, 0.3) is 0 Å². The van der Waals surface area contributed by atoms with Crippen LogP contribution < -0.4 is 5.32 Å². The molecule has 0 radical (unpaired) electrons. The Hall–Kier alpha value is -2.98. The summed E-state index contributed by atoms with van der Waals surface area (Å²) in [6, 6.07) is 9.44. The number of nitrogens with zero attached hydrogens (tertiary/aromatic N) is 2. The lowest BCUT2D eigenvalue weighted by Gasteiger charge is -2.32. The predicted molar refractivity (Wildman–Crippen MR) is 143 cm³/mol. The number of piperidine rings is 1. The zero-order chi connectivity index (χ0) is 26.9. The number of nitrogens with one attached hydrogen (secondary N) is 1. The highest BCUT2D eigenvalue weighted by molar-refractivity contribution is 5.94. The van der Waals surface area contributed by atoms with Gasteiger partial charge in [0, 0.05) is 44.0 Å². The maximum absolute atomic E-state index is 12.6. The van der Waals surface area contributed by atoms with E-state index in [2.05, 4.69) is 5.32 Å². The first-order valence-corrected chi connectivity index (χ1v) is 13.5.